The number of aryl methyl sites for hydroxylation is 1. The minimum absolute atomic E-state index is 0.103. The molecule has 1 aromatic rings. The molecule has 0 heterocycles. The van der Waals surface area contributed by atoms with Crippen LogP contribution < -0.4 is 4.74 Å². The van der Waals surface area contributed by atoms with E-state index in [2.05, 4.69) is 31.6 Å². The average Bonchev–Trinajstić information content (AvgIpc) is 2.34. The third-order valence-corrected chi connectivity index (χ3v) is 2.68. The van der Waals surface area contributed by atoms with Crippen LogP contribution in [0, 0.1) is 12.3 Å². The van der Waals surface area contributed by atoms with Gasteiger partial charge in [0.25, 0.3) is 0 Å². The van der Waals surface area contributed by atoms with E-state index in [-0.39, 0.29) is 6.10 Å². The van der Waals surface area contributed by atoms with Gasteiger partial charge in [0.15, 0.2) is 0 Å². The molecule has 0 fully saturated rings. The minimum Gasteiger partial charge on any atom is -0.486 e. The van der Waals surface area contributed by atoms with E-state index < -0.39 is 0 Å². The molecular formula is C16H20O. The summed E-state index contributed by atoms with van der Waals surface area (Å²) in [5, 5.41) is 0. The highest BCUT2D eigenvalue weighted by atomic mass is 16.5. The van der Waals surface area contributed by atoms with Crippen molar-refractivity contribution in [2.24, 2.45) is 0 Å². The Bertz CT molecular complexity index is 395. The highest BCUT2D eigenvalue weighted by Gasteiger charge is 2.08. The van der Waals surface area contributed by atoms with E-state index in [1.54, 1.807) is 0 Å². The fraction of sp³-hybridized carbons (Fsp3) is 0.375. The maximum Gasteiger partial charge on any atom is 0.120 e. The Morgan fingerprint density at radius 1 is 1.41 bits per heavy atom. The Labute approximate surface area is 105 Å². The summed E-state index contributed by atoms with van der Waals surface area (Å²) >= 11 is 0. The van der Waals surface area contributed by atoms with Crippen LogP contribution in [-0.4, -0.2) is 6.10 Å². The van der Waals surface area contributed by atoms with E-state index in [1.807, 2.05) is 19.1 Å². The summed E-state index contributed by atoms with van der Waals surface area (Å²) in [6, 6.07) is 8.13. The van der Waals surface area contributed by atoms with E-state index in [4.69, 9.17) is 11.2 Å². The molecule has 1 heteroatoms. The molecule has 1 nitrogen and oxygen atoms in total. The maximum atomic E-state index is 5.84. The lowest BCUT2D eigenvalue weighted by Gasteiger charge is -2.17. The first-order valence-electron chi connectivity index (χ1n) is 6.01. The first-order valence-corrected chi connectivity index (χ1v) is 6.01. The fourth-order valence-corrected chi connectivity index (χ4v) is 1.65. The molecule has 90 valence electrons. The zero-order valence-electron chi connectivity index (χ0n) is 10.7. The molecule has 0 saturated heterocycles. The van der Waals surface area contributed by atoms with Crippen molar-refractivity contribution in [1.29, 1.82) is 0 Å². The van der Waals surface area contributed by atoms with Gasteiger partial charge in [0.2, 0.25) is 0 Å². The molecule has 0 aliphatic rings. The Hall–Kier alpha value is -1.68. The summed E-state index contributed by atoms with van der Waals surface area (Å²) in [5.74, 6) is 3.54. The second kappa shape index (κ2) is 6.81. The smallest absolute Gasteiger partial charge is 0.120 e. The van der Waals surface area contributed by atoms with Gasteiger partial charge in [-0.15, -0.1) is 12.3 Å². The molecule has 1 unspecified atom stereocenters. The molecule has 0 aliphatic heterocycles. The van der Waals surface area contributed by atoms with E-state index in [9.17, 15) is 0 Å². The SMILES string of the molecule is C#CCCc1ccc(OC(CC)C(=C)C)cc1. The van der Waals surface area contributed by atoms with E-state index in [0.29, 0.717) is 0 Å². The van der Waals surface area contributed by atoms with Crippen LogP contribution >= 0.6 is 0 Å². The standard InChI is InChI=1S/C16H20O/c1-5-7-8-14-9-11-15(12-10-14)17-16(6-2)13(3)4/h1,9-12,16H,3,6-8H2,2,4H3. The van der Waals surface area contributed by atoms with Gasteiger partial charge in [0.05, 0.1) is 0 Å². The van der Waals surface area contributed by atoms with Gasteiger partial charge in [-0.3, -0.25) is 0 Å². The van der Waals surface area contributed by atoms with Gasteiger partial charge in [-0.2, -0.15) is 0 Å². The van der Waals surface area contributed by atoms with Crippen molar-refractivity contribution in [1.82, 2.24) is 0 Å². The zero-order valence-corrected chi connectivity index (χ0v) is 10.7. The molecule has 0 aromatic heterocycles. The summed E-state index contributed by atoms with van der Waals surface area (Å²) in [6.07, 6.45) is 7.99. The number of hydrogen-bond donors (Lipinski definition) is 0. The topological polar surface area (TPSA) is 9.23 Å². The van der Waals surface area contributed by atoms with Crippen LogP contribution in [-0.2, 0) is 6.42 Å². The van der Waals surface area contributed by atoms with Gasteiger partial charge in [-0.05, 0) is 43.0 Å². The molecule has 0 bridgehead atoms. The molecular weight excluding hydrogens is 208 g/mol. The Kier molecular flexibility index (Phi) is 5.36. The van der Waals surface area contributed by atoms with Crippen molar-refractivity contribution in [3.8, 4) is 18.1 Å². The first kappa shape index (κ1) is 13.4. The van der Waals surface area contributed by atoms with Crippen LogP contribution in [0.5, 0.6) is 5.75 Å². The van der Waals surface area contributed by atoms with Crippen LogP contribution in [0.15, 0.2) is 36.4 Å². The highest BCUT2D eigenvalue weighted by molar-refractivity contribution is 5.28. The third-order valence-electron chi connectivity index (χ3n) is 2.68. The number of rotatable bonds is 6. The molecule has 1 rings (SSSR count). The molecule has 17 heavy (non-hydrogen) atoms. The van der Waals surface area contributed by atoms with Crippen molar-refractivity contribution in [2.45, 2.75) is 39.2 Å². The Balaban J connectivity index is 2.61. The second-order valence-electron chi connectivity index (χ2n) is 4.21. The monoisotopic (exact) mass is 228 g/mol. The molecule has 0 aliphatic carbocycles. The molecule has 0 amide bonds. The molecule has 0 N–H and O–H groups in total. The fourth-order valence-electron chi connectivity index (χ4n) is 1.65. The highest BCUT2D eigenvalue weighted by Crippen LogP contribution is 2.18. The maximum absolute atomic E-state index is 5.84. The van der Waals surface area contributed by atoms with Crippen LogP contribution in [0.25, 0.3) is 0 Å². The van der Waals surface area contributed by atoms with Gasteiger partial charge in [-0.1, -0.05) is 25.6 Å². The first-order chi connectivity index (χ1) is 8.17. The van der Waals surface area contributed by atoms with Crippen LogP contribution in [0.1, 0.15) is 32.3 Å². The van der Waals surface area contributed by atoms with Crippen LogP contribution in [0.2, 0.25) is 0 Å². The van der Waals surface area contributed by atoms with Gasteiger partial charge in [-0.25, -0.2) is 0 Å². The third kappa shape index (κ3) is 4.36. The van der Waals surface area contributed by atoms with Crippen molar-refractivity contribution in [3.63, 3.8) is 0 Å². The second-order valence-corrected chi connectivity index (χ2v) is 4.21. The normalized spacial score (nSPS) is 11.6. The van der Waals surface area contributed by atoms with Crippen LogP contribution in [0.3, 0.4) is 0 Å². The lowest BCUT2D eigenvalue weighted by Crippen LogP contribution is -2.15. The number of ether oxygens (including phenoxy) is 1. The van der Waals surface area contributed by atoms with Crippen molar-refractivity contribution >= 4 is 0 Å². The van der Waals surface area contributed by atoms with Crippen molar-refractivity contribution < 1.29 is 4.74 Å². The average molecular weight is 228 g/mol. The van der Waals surface area contributed by atoms with Crippen LogP contribution in [0.4, 0.5) is 0 Å². The van der Waals surface area contributed by atoms with E-state index >= 15 is 0 Å². The summed E-state index contributed by atoms with van der Waals surface area (Å²) in [6.45, 7) is 8.03. The summed E-state index contributed by atoms with van der Waals surface area (Å²) in [7, 11) is 0. The molecule has 1 aromatic carbocycles. The predicted octanol–water partition coefficient (Wildman–Crippen LogP) is 3.99. The van der Waals surface area contributed by atoms with E-state index in [0.717, 1.165) is 30.6 Å². The van der Waals surface area contributed by atoms with Gasteiger partial charge in [0, 0.05) is 6.42 Å². The Morgan fingerprint density at radius 2 is 2.06 bits per heavy atom. The van der Waals surface area contributed by atoms with Gasteiger partial charge < -0.3 is 4.74 Å². The van der Waals surface area contributed by atoms with Gasteiger partial charge >= 0.3 is 0 Å². The van der Waals surface area contributed by atoms with Crippen molar-refractivity contribution in [3.05, 3.63) is 42.0 Å². The molecule has 1 atom stereocenters. The largest absolute Gasteiger partial charge is 0.486 e. The number of terminal acetylenes is 1. The number of hydrogen-bond acceptors (Lipinski definition) is 1. The summed E-state index contributed by atoms with van der Waals surface area (Å²) < 4.78 is 5.84. The quantitative estimate of drug-likeness (QED) is 0.528. The van der Waals surface area contributed by atoms with Crippen molar-refractivity contribution in [2.75, 3.05) is 0 Å². The Morgan fingerprint density at radius 3 is 2.53 bits per heavy atom. The lowest BCUT2D eigenvalue weighted by molar-refractivity contribution is 0.233. The molecule has 0 radical (unpaired) electrons. The van der Waals surface area contributed by atoms with Gasteiger partial charge in [0.1, 0.15) is 11.9 Å². The van der Waals surface area contributed by atoms with E-state index in [1.165, 1.54) is 5.56 Å². The molecule has 0 saturated carbocycles. The summed E-state index contributed by atoms with van der Waals surface area (Å²) in [5.41, 5.74) is 2.31. The summed E-state index contributed by atoms with van der Waals surface area (Å²) in [4.78, 5) is 0. The molecule has 0 spiro atoms. The lowest BCUT2D eigenvalue weighted by atomic mass is 10.1. The number of benzene rings is 1. The zero-order chi connectivity index (χ0) is 12.7. The minimum atomic E-state index is 0.103. The predicted molar refractivity (Wildman–Crippen MR) is 73.1 cm³/mol.